The summed E-state index contributed by atoms with van der Waals surface area (Å²) in [6.45, 7) is 5.51. The Morgan fingerprint density at radius 2 is 2.00 bits per heavy atom. The summed E-state index contributed by atoms with van der Waals surface area (Å²) in [4.78, 5) is 10.9. The van der Waals surface area contributed by atoms with Gasteiger partial charge in [0.05, 0.1) is 16.2 Å². The maximum absolute atomic E-state index is 12.4. The van der Waals surface area contributed by atoms with Gasteiger partial charge in [0.25, 0.3) is 0 Å². The van der Waals surface area contributed by atoms with Crippen LogP contribution in [0.1, 0.15) is 40.2 Å². The Balaban J connectivity index is 2.22. The van der Waals surface area contributed by atoms with Crippen molar-refractivity contribution >= 4 is 16.0 Å². The van der Waals surface area contributed by atoms with Crippen LogP contribution in [0.5, 0.6) is 0 Å². The average Bonchev–Trinajstić information content (AvgIpc) is 2.84. The lowest BCUT2D eigenvalue weighted by Crippen LogP contribution is -2.29. The topological polar surface area (TPSA) is 110 Å². The van der Waals surface area contributed by atoms with Gasteiger partial charge >= 0.3 is 5.97 Å². The third-order valence-corrected chi connectivity index (χ3v) is 5.05. The Kier molecular flexibility index (Phi) is 4.86. The maximum Gasteiger partial charge on any atom is 0.337 e. The smallest absolute Gasteiger partial charge is 0.337 e. The van der Waals surface area contributed by atoms with E-state index in [1.54, 1.807) is 13.8 Å². The molecule has 1 aromatic carbocycles. The zero-order chi connectivity index (χ0) is 17.2. The quantitative estimate of drug-likeness (QED) is 0.834. The molecular formula is C15H18N2O5S. The minimum absolute atomic E-state index is 0.110. The summed E-state index contributed by atoms with van der Waals surface area (Å²) in [7, 11) is -3.93. The van der Waals surface area contributed by atoms with Crippen LogP contribution in [0.25, 0.3) is 0 Å². The highest BCUT2D eigenvalue weighted by Gasteiger charge is 2.24. The lowest BCUT2D eigenvalue weighted by molar-refractivity contribution is 0.0692. The van der Waals surface area contributed by atoms with Crippen molar-refractivity contribution in [1.82, 2.24) is 9.88 Å². The number of rotatable bonds is 6. The minimum atomic E-state index is -3.93. The molecule has 1 atom stereocenters. The summed E-state index contributed by atoms with van der Waals surface area (Å²) >= 11 is 0. The van der Waals surface area contributed by atoms with Crippen molar-refractivity contribution < 1.29 is 22.8 Å². The van der Waals surface area contributed by atoms with Crippen LogP contribution in [-0.2, 0) is 10.0 Å². The predicted octanol–water partition coefficient (Wildman–Crippen LogP) is 2.07. The second-order valence-electron chi connectivity index (χ2n) is 5.29. The van der Waals surface area contributed by atoms with E-state index in [0.29, 0.717) is 11.5 Å². The summed E-state index contributed by atoms with van der Waals surface area (Å²) in [6.07, 6.45) is 0. The van der Waals surface area contributed by atoms with Crippen LogP contribution in [0.15, 0.2) is 33.7 Å². The van der Waals surface area contributed by atoms with Gasteiger partial charge in [0.15, 0.2) is 0 Å². The Labute approximate surface area is 134 Å². The highest BCUT2D eigenvalue weighted by molar-refractivity contribution is 7.89. The molecule has 23 heavy (non-hydrogen) atoms. The van der Waals surface area contributed by atoms with Gasteiger partial charge in [-0.25, -0.2) is 17.9 Å². The molecule has 2 rings (SSSR count). The molecule has 1 heterocycles. The number of aryl methyl sites for hydroxylation is 2. The Morgan fingerprint density at radius 3 is 2.57 bits per heavy atom. The summed E-state index contributed by atoms with van der Waals surface area (Å²) in [6, 6.07) is 5.49. The molecule has 0 saturated carbocycles. The van der Waals surface area contributed by atoms with Crippen LogP contribution in [0.3, 0.4) is 0 Å². The number of nitrogens with zero attached hydrogens (tertiary/aromatic N) is 1. The lowest BCUT2D eigenvalue weighted by Gasteiger charge is -2.14. The monoisotopic (exact) mass is 338 g/mol. The summed E-state index contributed by atoms with van der Waals surface area (Å²) in [5.74, 6) is -0.808. The number of carboxylic acid groups (broad SMARTS) is 1. The molecule has 0 fully saturated rings. The minimum Gasteiger partial charge on any atom is -0.478 e. The molecule has 0 bridgehead atoms. The molecule has 0 radical (unpaired) electrons. The summed E-state index contributed by atoms with van der Waals surface area (Å²) in [5, 5.41) is 13.0. The molecule has 1 aromatic heterocycles. The van der Waals surface area contributed by atoms with Crippen LogP contribution >= 0.6 is 0 Å². The van der Waals surface area contributed by atoms with Crippen LogP contribution in [-0.4, -0.2) is 31.2 Å². The first-order valence-electron chi connectivity index (χ1n) is 6.98. The molecule has 2 N–H and O–H groups in total. The molecule has 1 unspecified atom stereocenters. The van der Waals surface area contributed by atoms with Gasteiger partial charge in [-0.3, -0.25) is 0 Å². The number of nitrogens with one attached hydrogen (secondary N) is 1. The number of hydrogen-bond donors (Lipinski definition) is 2. The normalized spacial score (nSPS) is 13.0. The van der Waals surface area contributed by atoms with Gasteiger partial charge in [0, 0.05) is 12.1 Å². The molecule has 0 aliphatic rings. The van der Waals surface area contributed by atoms with E-state index in [2.05, 4.69) is 9.88 Å². The van der Waals surface area contributed by atoms with Gasteiger partial charge in [-0.2, -0.15) is 0 Å². The second-order valence-corrected chi connectivity index (χ2v) is 7.03. The van der Waals surface area contributed by atoms with Crippen molar-refractivity contribution in [2.45, 2.75) is 31.6 Å². The van der Waals surface area contributed by atoms with Crippen LogP contribution in [0.2, 0.25) is 0 Å². The van der Waals surface area contributed by atoms with Gasteiger partial charge in [0.2, 0.25) is 10.0 Å². The molecular weight excluding hydrogens is 320 g/mol. The van der Waals surface area contributed by atoms with Crippen molar-refractivity contribution in [2.75, 3.05) is 6.54 Å². The molecule has 8 heteroatoms. The lowest BCUT2D eigenvalue weighted by atomic mass is 10.0. The molecule has 0 spiro atoms. The van der Waals surface area contributed by atoms with E-state index in [0.717, 1.165) is 5.56 Å². The zero-order valence-electron chi connectivity index (χ0n) is 13.0. The second kappa shape index (κ2) is 6.51. The van der Waals surface area contributed by atoms with Crippen molar-refractivity contribution in [1.29, 1.82) is 0 Å². The summed E-state index contributed by atoms with van der Waals surface area (Å²) < 4.78 is 32.3. The SMILES string of the molecule is Cc1noc(C)c1C(C)CNS(=O)(=O)c1ccccc1C(=O)O. The summed E-state index contributed by atoms with van der Waals surface area (Å²) in [5.41, 5.74) is 1.30. The first-order chi connectivity index (χ1) is 10.7. The first-order valence-corrected chi connectivity index (χ1v) is 8.47. The van der Waals surface area contributed by atoms with E-state index in [9.17, 15) is 13.2 Å². The Bertz CT molecular complexity index is 807. The highest BCUT2D eigenvalue weighted by atomic mass is 32.2. The fourth-order valence-electron chi connectivity index (χ4n) is 2.49. The van der Waals surface area contributed by atoms with Crippen molar-refractivity contribution in [3.05, 3.63) is 46.8 Å². The molecule has 0 aliphatic carbocycles. The number of carboxylic acids is 1. The molecule has 0 amide bonds. The number of aromatic nitrogens is 1. The van der Waals surface area contributed by atoms with Crippen molar-refractivity contribution in [3.8, 4) is 0 Å². The highest BCUT2D eigenvalue weighted by Crippen LogP contribution is 2.23. The molecule has 124 valence electrons. The predicted molar refractivity (Wildman–Crippen MR) is 83.0 cm³/mol. The van der Waals surface area contributed by atoms with Crippen LogP contribution in [0.4, 0.5) is 0 Å². The van der Waals surface area contributed by atoms with Gasteiger partial charge in [-0.05, 0) is 31.9 Å². The fourth-order valence-corrected chi connectivity index (χ4v) is 3.81. The van der Waals surface area contributed by atoms with E-state index < -0.39 is 16.0 Å². The van der Waals surface area contributed by atoms with Gasteiger partial charge in [-0.1, -0.05) is 24.2 Å². The maximum atomic E-state index is 12.4. The van der Waals surface area contributed by atoms with Gasteiger partial charge in [0.1, 0.15) is 5.76 Å². The van der Waals surface area contributed by atoms with Crippen LogP contribution < -0.4 is 4.72 Å². The van der Waals surface area contributed by atoms with E-state index in [1.807, 2.05) is 6.92 Å². The molecule has 2 aromatic rings. The Morgan fingerprint density at radius 1 is 1.35 bits per heavy atom. The van der Waals surface area contributed by atoms with Crippen molar-refractivity contribution in [3.63, 3.8) is 0 Å². The van der Waals surface area contributed by atoms with E-state index in [-0.39, 0.29) is 22.9 Å². The number of aromatic carboxylic acids is 1. The molecule has 7 nitrogen and oxygen atoms in total. The third-order valence-electron chi connectivity index (χ3n) is 3.57. The fraction of sp³-hybridized carbons (Fsp3) is 0.333. The standard InChI is InChI=1S/C15H18N2O5S/c1-9(14-10(2)17-22-11(14)3)8-16-23(20,21)13-7-5-4-6-12(13)15(18)19/h4-7,9,16H,8H2,1-3H3,(H,18,19). The zero-order valence-corrected chi connectivity index (χ0v) is 13.8. The van der Waals surface area contributed by atoms with E-state index >= 15 is 0 Å². The van der Waals surface area contributed by atoms with E-state index in [4.69, 9.17) is 9.63 Å². The van der Waals surface area contributed by atoms with Crippen molar-refractivity contribution in [2.24, 2.45) is 0 Å². The number of hydrogen-bond acceptors (Lipinski definition) is 5. The third kappa shape index (κ3) is 3.59. The van der Waals surface area contributed by atoms with Gasteiger partial charge < -0.3 is 9.63 Å². The molecule has 0 aliphatic heterocycles. The number of carbonyl (C=O) groups is 1. The van der Waals surface area contributed by atoms with Gasteiger partial charge in [-0.15, -0.1) is 0 Å². The first kappa shape index (κ1) is 17.2. The number of sulfonamides is 1. The van der Waals surface area contributed by atoms with Crippen LogP contribution in [0, 0.1) is 13.8 Å². The number of benzene rings is 1. The molecule has 0 saturated heterocycles. The Hall–Kier alpha value is -2.19. The largest absolute Gasteiger partial charge is 0.478 e. The van der Waals surface area contributed by atoms with E-state index in [1.165, 1.54) is 24.3 Å². The average molecular weight is 338 g/mol.